The summed E-state index contributed by atoms with van der Waals surface area (Å²) in [6, 6.07) is 3.37. The first-order valence-corrected chi connectivity index (χ1v) is 7.19. The van der Waals surface area contributed by atoms with Crippen molar-refractivity contribution in [3.05, 3.63) is 28.7 Å². The molecule has 4 aliphatic rings. The van der Waals surface area contributed by atoms with E-state index in [0.717, 1.165) is 6.61 Å². The van der Waals surface area contributed by atoms with Crippen molar-refractivity contribution in [3.63, 3.8) is 0 Å². The fourth-order valence-electron chi connectivity index (χ4n) is 3.65. The Balaban J connectivity index is 1.58. The highest BCUT2D eigenvalue weighted by Gasteiger charge is 2.93. The van der Waals surface area contributed by atoms with E-state index in [2.05, 4.69) is 5.32 Å². The summed E-state index contributed by atoms with van der Waals surface area (Å²) in [6.07, 6.45) is 1.36. The molecule has 2 saturated carbocycles. The number of nitrogens with zero attached hydrogens (tertiary/aromatic N) is 1. The molecule has 1 unspecified atom stereocenters. The lowest BCUT2D eigenvalue weighted by atomic mass is 10.2. The van der Waals surface area contributed by atoms with Gasteiger partial charge in [-0.2, -0.15) is 0 Å². The monoisotopic (exact) mass is 290 g/mol. The molecule has 0 spiro atoms. The van der Waals surface area contributed by atoms with Crippen LogP contribution in [0.25, 0.3) is 0 Å². The smallest absolute Gasteiger partial charge is 0.412 e. The molecule has 0 aromatic carbocycles. The molecule has 1 amide bonds. The van der Waals surface area contributed by atoms with Gasteiger partial charge in [0.05, 0.1) is 18.2 Å². The summed E-state index contributed by atoms with van der Waals surface area (Å²) in [7, 11) is 0. The van der Waals surface area contributed by atoms with Crippen LogP contribution in [0.2, 0.25) is 0 Å². The van der Waals surface area contributed by atoms with E-state index in [0.29, 0.717) is 11.8 Å². The number of rotatable bonds is 2. The van der Waals surface area contributed by atoms with Crippen molar-refractivity contribution in [2.24, 2.45) is 11.8 Å². The minimum atomic E-state index is -0.614. The Morgan fingerprint density at radius 2 is 2.29 bits per heavy atom. The van der Waals surface area contributed by atoms with E-state index >= 15 is 0 Å². The molecule has 4 atom stereocenters. The van der Waals surface area contributed by atoms with Gasteiger partial charge >= 0.3 is 6.09 Å². The van der Waals surface area contributed by atoms with Gasteiger partial charge in [0.1, 0.15) is 11.3 Å². The van der Waals surface area contributed by atoms with Gasteiger partial charge in [-0.3, -0.25) is 10.1 Å². The number of ether oxygens (including phenoxy) is 2. The summed E-state index contributed by atoms with van der Waals surface area (Å²) in [5, 5.41) is 2.54. The SMILES string of the molecule is CC(C)(C)OC(=O)Nc1cccn([C@]23C4OC[C@@H]2[C@H]43)c1=O. The normalized spacial score (nSPS) is 35.1. The van der Waals surface area contributed by atoms with Crippen LogP contribution in [0.4, 0.5) is 10.5 Å². The summed E-state index contributed by atoms with van der Waals surface area (Å²) >= 11 is 0. The molecule has 2 aliphatic carbocycles. The maximum atomic E-state index is 12.5. The van der Waals surface area contributed by atoms with Crippen LogP contribution in [-0.4, -0.2) is 29.0 Å². The first-order valence-electron chi connectivity index (χ1n) is 7.19. The molecule has 1 aromatic rings. The number of carbonyl (C=O) groups is 1. The maximum absolute atomic E-state index is 12.5. The van der Waals surface area contributed by atoms with E-state index in [1.165, 1.54) is 0 Å². The van der Waals surface area contributed by atoms with Crippen molar-refractivity contribution < 1.29 is 14.3 Å². The lowest BCUT2D eigenvalue weighted by Crippen LogP contribution is -2.33. The molecule has 2 aliphatic heterocycles. The van der Waals surface area contributed by atoms with E-state index in [9.17, 15) is 9.59 Å². The number of hydrogen-bond acceptors (Lipinski definition) is 4. The fourth-order valence-corrected chi connectivity index (χ4v) is 3.65. The maximum Gasteiger partial charge on any atom is 0.412 e. The summed E-state index contributed by atoms with van der Waals surface area (Å²) in [5.74, 6) is 0.962. The van der Waals surface area contributed by atoms with E-state index < -0.39 is 11.7 Å². The van der Waals surface area contributed by atoms with Crippen LogP contribution in [0.1, 0.15) is 20.8 Å². The third-order valence-corrected chi connectivity index (χ3v) is 4.58. The molecule has 1 N–H and O–H groups in total. The van der Waals surface area contributed by atoms with Gasteiger partial charge in [0.15, 0.2) is 0 Å². The summed E-state index contributed by atoms with van der Waals surface area (Å²) < 4.78 is 12.5. The predicted octanol–water partition coefficient (Wildman–Crippen LogP) is 1.55. The lowest BCUT2D eigenvalue weighted by molar-refractivity contribution is 0.0635. The Hall–Kier alpha value is -1.82. The van der Waals surface area contributed by atoms with Gasteiger partial charge in [0, 0.05) is 18.0 Å². The molecule has 3 heterocycles. The molecule has 2 bridgehead atoms. The fraction of sp³-hybridized carbons (Fsp3) is 0.600. The van der Waals surface area contributed by atoms with Gasteiger partial charge in [0.2, 0.25) is 0 Å². The minimum Gasteiger partial charge on any atom is -0.444 e. The highest BCUT2D eigenvalue weighted by Crippen LogP contribution is 2.82. The Morgan fingerprint density at radius 3 is 2.86 bits per heavy atom. The van der Waals surface area contributed by atoms with E-state index in [-0.39, 0.29) is 22.9 Å². The van der Waals surface area contributed by atoms with Crippen LogP contribution in [0, 0.1) is 11.8 Å². The first kappa shape index (κ1) is 12.9. The molecule has 6 nitrogen and oxygen atoms in total. The number of hydrogen-bond donors (Lipinski definition) is 1. The van der Waals surface area contributed by atoms with Crippen molar-refractivity contribution in [2.45, 2.75) is 38.0 Å². The standard InChI is InChI=1S/C15H18N2O4/c1-14(2,3)21-13(19)16-9-5-4-6-17(12(9)18)15-8-7-20-11(15)10(8)15/h4-6,8,10-11H,7H2,1-3H3,(H,16,19)/t8-,10-,11?,15-/m1/s1. The number of amides is 1. The first-order chi connectivity index (χ1) is 9.85. The van der Waals surface area contributed by atoms with Crippen molar-refractivity contribution in [1.29, 1.82) is 0 Å². The summed E-state index contributed by atoms with van der Waals surface area (Å²) in [6.45, 7) is 6.08. The van der Waals surface area contributed by atoms with Gasteiger partial charge in [0.25, 0.3) is 5.56 Å². The second-order valence-electron chi connectivity index (χ2n) is 7.00. The molecule has 5 rings (SSSR count). The third kappa shape index (κ3) is 1.62. The topological polar surface area (TPSA) is 69.6 Å². The van der Waals surface area contributed by atoms with E-state index in [1.54, 1.807) is 43.7 Å². The van der Waals surface area contributed by atoms with E-state index in [1.807, 2.05) is 0 Å². The minimum absolute atomic E-state index is 0.122. The molecule has 2 saturated heterocycles. The number of pyridine rings is 1. The summed E-state index contributed by atoms with van der Waals surface area (Å²) in [5.41, 5.74) is -0.661. The van der Waals surface area contributed by atoms with Crippen LogP contribution in [0.5, 0.6) is 0 Å². The van der Waals surface area contributed by atoms with Crippen LogP contribution < -0.4 is 10.9 Å². The quantitative estimate of drug-likeness (QED) is 0.897. The number of aromatic nitrogens is 1. The third-order valence-electron chi connectivity index (χ3n) is 4.58. The van der Waals surface area contributed by atoms with Crippen LogP contribution >= 0.6 is 0 Å². The zero-order chi connectivity index (χ0) is 15.0. The van der Waals surface area contributed by atoms with Gasteiger partial charge in [-0.05, 0) is 32.9 Å². The Labute approximate surface area is 122 Å². The molecule has 6 heteroatoms. The molecule has 0 radical (unpaired) electrons. The van der Waals surface area contributed by atoms with Crippen molar-refractivity contribution in [2.75, 3.05) is 11.9 Å². The highest BCUT2D eigenvalue weighted by molar-refractivity contribution is 5.84. The zero-order valence-corrected chi connectivity index (χ0v) is 12.3. The van der Waals surface area contributed by atoms with Crippen LogP contribution in [0.15, 0.2) is 23.1 Å². The number of fused-ring (bicyclic) bond motifs is 1. The molecule has 21 heavy (non-hydrogen) atoms. The van der Waals surface area contributed by atoms with Crippen molar-refractivity contribution >= 4 is 11.8 Å². The molecule has 112 valence electrons. The van der Waals surface area contributed by atoms with Gasteiger partial charge in [-0.25, -0.2) is 4.79 Å². The predicted molar refractivity (Wildman–Crippen MR) is 75.3 cm³/mol. The average molecular weight is 290 g/mol. The number of nitrogens with one attached hydrogen (secondary N) is 1. The average Bonchev–Trinajstić information content (AvgIpc) is 3.04. The second-order valence-corrected chi connectivity index (χ2v) is 7.00. The molecular weight excluding hydrogens is 272 g/mol. The lowest BCUT2D eigenvalue weighted by Gasteiger charge is -2.20. The van der Waals surface area contributed by atoms with Crippen molar-refractivity contribution in [1.82, 2.24) is 4.57 Å². The summed E-state index contributed by atoms with van der Waals surface area (Å²) in [4.78, 5) is 24.3. The van der Waals surface area contributed by atoms with Gasteiger partial charge in [-0.15, -0.1) is 0 Å². The van der Waals surface area contributed by atoms with Crippen molar-refractivity contribution in [3.8, 4) is 0 Å². The largest absolute Gasteiger partial charge is 0.444 e. The van der Waals surface area contributed by atoms with E-state index in [4.69, 9.17) is 9.47 Å². The Bertz CT molecular complexity index is 666. The van der Waals surface area contributed by atoms with Gasteiger partial charge in [-0.1, -0.05) is 0 Å². The number of carbonyl (C=O) groups excluding carboxylic acids is 1. The second kappa shape index (κ2) is 3.68. The number of anilines is 1. The highest BCUT2D eigenvalue weighted by atomic mass is 16.6. The van der Waals surface area contributed by atoms with Crippen LogP contribution in [-0.2, 0) is 15.0 Å². The van der Waals surface area contributed by atoms with Crippen LogP contribution in [0.3, 0.4) is 0 Å². The molecule has 4 fully saturated rings. The van der Waals surface area contributed by atoms with Gasteiger partial charge < -0.3 is 14.0 Å². The molecular formula is C15H18N2O4. The Morgan fingerprint density at radius 1 is 1.52 bits per heavy atom. The Kier molecular flexibility index (Phi) is 2.26. The molecule has 1 aromatic heterocycles. The zero-order valence-electron chi connectivity index (χ0n) is 12.3.